The molecule has 0 amide bonds. The van der Waals surface area contributed by atoms with Crippen LogP contribution in [0.25, 0.3) is 16.8 Å². The second-order valence-electron chi connectivity index (χ2n) is 2.69. The van der Waals surface area contributed by atoms with Gasteiger partial charge >= 0.3 is 0 Å². The van der Waals surface area contributed by atoms with Crippen molar-refractivity contribution in [2.24, 2.45) is 0 Å². The lowest BCUT2D eigenvalue weighted by molar-refractivity contribution is 1.01. The van der Waals surface area contributed by atoms with E-state index >= 15 is 0 Å². The number of rotatable bonds is 0. The second-order valence-corrected chi connectivity index (χ2v) is 2.69. The van der Waals surface area contributed by atoms with Gasteiger partial charge in [-0.25, -0.2) is 0 Å². The van der Waals surface area contributed by atoms with Crippen molar-refractivity contribution in [1.82, 2.24) is 24.8 Å². The molecule has 0 aliphatic rings. The quantitative estimate of drug-likeness (QED) is 0.499. The highest BCUT2D eigenvalue weighted by molar-refractivity contribution is 5.75. The molecule has 2 aromatic heterocycles. The van der Waals surface area contributed by atoms with E-state index in [2.05, 4.69) is 20.4 Å². The standard InChI is InChI=1S/C8H5N5/c1-2-4-7-6(3-1)10-12-8-11-9-5-13(7)8/h1-5H. The zero-order valence-electron chi connectivity index (χ0n) is 6.62. The van der Waals surface area contributed by atoms with Gasteiger partial charge in [-0.15, -0.1) is 20.4 Å². The molecule has 13 heavy (non-hydrogen) atoms. The maximum atomic E-state index is 4.01. The first kappa shape index (κ1) is 6.47. The predicted molar refractivity (Wildman–Crippen MR) is 46.1 cm³/mol. The zero-order chi connectivity index (χ0) is 8.67. The smallest absolute Gasteiger partial charge is 0.263 e. The molecule has 0 fully saturated rings. The van der Waals surface area contributed by atoms with Crippen molar-refractivity contribution in [3.05, 3.63) is 30.6 Å². The molecule has 62 valence electrons. The maximum Gasteiger partial charge on any atom is 0.274 e. The summed E-state index contributed by atoms with van der Waals surface area (Å²) in [5.74, 6) is 0.527. The number of aromatic nitrogens is 5. The molecule has 0 saturated carbocycles. The van der Waals surface area contributed by atoms with Crippen molar-refractivity contribution in [3.8, 4) is 0 Å². The minimum Gasteiger partial charge on any atom is -0.263 e. The molecule has 0 saturated heterocycles. The lowest BCUT2D eigenvalue weighted by Gasteiger charge is -1.96. The molecule has 0 spiro atoms. The van der Waals surface area contributed by atoms with Crippen LogP contribution in [0, 0.1) is 0 Å². The molecule has 2 heterocycles. The SMILES string of the molecule is c1ccc2c(c1)nnc1nncn12. The van der Waals surface area contributed by atoms with Crippen molar-refractivity contribution in [2.75, 3.05) is 0 Å². The molecule has 0 N–H and O–H groups in total. The fourth-order valence-electron chi connectivity index (χ4n) is 1.32. The van der Waals surface area contributed by atoms with Gasteiger partial charge in [-0.2, -0.15) is 0 Å². The fourth-order valence-corrected chi connectivity index (χ4v) is 1.32. The van der Waals surface area contributed by atoms with Crippen LogP contribution in [0.5, 0.6) is 0 Å². The van der Waals surface area contributed by atoms with Crippen molar-refractivity contribution >= 4 is 16.8 Å². The Labute approximate surface area is 73.0 Å². The topological polar surface area (TPSA) is 56.0 Å². The summed E-state index contributed by atoms with van der Waals surface area (Å²) in [7, 11) is 0. The molecule has 0 radical (unpaired) electrons. The molecular weight excluding hydrogens is 166 g/mol. The third kappa shape index (κ3) is 0.807. The van der Waals surface area contributed by atoms with E-state index in [1.807, 2.05) is 28.7 Å². The number of para-hydroxylation sites is 1. The first-order valence-corrected chi connectivity index (χ1v) is 3.86. The Morgan fingerprint density at radius 3 is 2.92 bits per heavy atom. The summed E-state index contributed by atoms with van der Waals surface area (Å²) in [4.78, 5) is 0. The summed E-state index contributed by atoms with van der Waals surface area (Å²) < 4.78 is 1.81. The van der Waals surface area contributed by atoms with E-state index in [0.29, 0.717) is 5.78 Å². The largest absolute Gasteiger partial charge is 0.274 e. The average Bonchev–Trinajstić information content (AvgIpc) is 2.65. The Kier molecular flexibility index (Phi) is 1.11. The van der Waals surface area contributed by atoms with Crippen LogP contribution in [0.3, 0.4) is 0 Å². The van der Waals surface area contributed by atoms with Gasteiger partial charge in [-0.1, -0.05) is 12.1 Å². The molecule has 5 heteroatoms. The molecule has 1 aromatic carbocycles. The van der Waals surface area contributed by atoms with Crippen molar-refractivity contribution < 1.29 is 0 Å². The highest BCUT2D eigenvalue weighted by atomic mass is 15.3. The molecular formula is C8H5N5. The molecule has 3 aromatic rings. The number of hydrogen-bond donors (Lipinski definition) is 0. The van der Waals surface area contributed by atoms with Gasteiger partial charge in [-0.05, 0) is 12.1 Å². The van der Waals surface area contributed by atoms with Crippen LogP contribution in [-0.4, -0.2) is 24.8 Å². The van der Waals surface area contributed by atoms with Gasteiger partial charge in [-0.3, -0.25) is 4.40 Å². The Morgan fingerprint density at radius 2 is 1.92 bits per heavy atom. The maximum absolute atomic E-state index is 4.01. The van der Waals surface area contributed by atoms with E-state index in [4.69, 9.17) is 0 Å². The number of hydrogen-bond acceptors (Lipinski definition) is 4. The van der Waals surface area contributed by atoms with Gasteiger partial charge in [0.1, 0.15) is 11.8 Å². The van der Waals surface area contributed by atoms with Crippen molar-refractivity contribution in [3.63, 3.8) is 0 Å². The molecule has 5 nitrogen and oxygen atoms in total. The highest BCUT2D eigenvalue weighted by Crippen LogP contribution is 2.09. The first-order chi connectivity index (χ1) is 6.45. The van der Waals surface area contributed by atoms with Gasteiger partial charge in [0, 0.05) is 0 Å². The molecule has 0 aliphatic heterocycles. The minimum atomic E-state index is 0.527. The number of nitrogens with zero attached hydrogens (tertiary/aromatic N) is 5. The summed E-state index contributed by atoms with van der Waals surface area (Å²) in [6.45, 7) is 0. The molecule has 3 rings (SSSR count). The lowest BCUT2D eigenvalue weighted by Crippen LogP contribution is -1.93. The van der Waals surface area contributed by atoms with Crippen molar-refractivity contribution in [2.45, 2.75) is 0 Å². The van der Waals surface area contributed by atoms with Crippen LogP contribution in [0.4, 0.5) is 0 Å². The average molecular weight is 171 g/mol. The van der Waals surface area contributed by atoms with Gasteiger partial charge in [0.25, 0.3) is 5.78 Å². The van der Waals surface area contributed by atoms with Gasteiger partial charge in [0.05, 0.1) is 5.52 Å². The van der Waals surface area contributed by atoms with Crippen LogP contribution >= 0.6 is 0 Å². The van der Waals surface area contributed by atoms with Gasteiger partial charge < -0.3 is 0 Å². The fraction of sp³-hybridized carbons (Fsp3) is 0. The van der Waals surface area contributed by atoms with Gasteiger partial charge in [0.15, 0.2) is 0 Å². The summed E-state index contributed by atoms with van der Waals surface area (Å²) in [6.07, 6.45) is 1.63. The van der Waals surface area contributed by atoms with Crippen LogP contribution in [0.15, 0.2) is 30.6 Å². The number of benzene rings is 1. The number of fused-ring (bicyclic) bond motifs is 3. The van der Waals surface area contributed by atoms with E-state index < -0.39 is 0 Å². The summed E-state index contributed by atoms with van der Waals surface area (Å²) in [5.41, 5.74) is 1.81. The third-order valence-electron chi connectivity index (χ3n) is 1.92. The molecule has 0 atom stereocenters. The Hall–Kier alpha value is -2.04. The Morgan fingerprint density at radius 1 is 1.00 bits per heavy atom. The van der Waals surface area contributed by atoms with Crippen LogP contribution in [0.2, 0.25) is 0 Å². The molecule has 0 aliphatic carbocycles. The summed E-state index contributed by atoms with van der Waals surface area (Å²) in [5, 5.41) is 15.5. The van der Waals surface area contributed by atoms with Crippen LogP contribution < -0.4 is 0 Å². The third-order valence-corrected chi connectivity index (χ3v) is 1.92. The summed E-state index contributed by atoms with van der Waals surface area (Å²) in [6, 6.07) is 7.73. The Balaban J connectivity index is 2.65. The highest BCUT2D eigenvalue weighted by Gasteiger charge is 2.01. The molecule has 0 bridgehead atoms. The van der Waals surface area contributed by atoms with E-state index in [0.717, 1.165) is 11.0 Å². The van der Waals surface area contributed by atoms with E-state index in [9.17, 15) is 0 Å². The molecule has 0 unspecified atom stereocenters. The van der Waals surface area contributed by atoms with Crippen molar-refractivity contribution in [1.29, 1.82) is 0 Å². The Bertz CT molecular complexity index is 571. The van der Waals surface area contributed by atoms with Crippen LogP contribution in [-0.2, 0) is 0 Å². The second kappa shape index (κ2) is 2.22. The summed E-state index contributed by atoms with van der Waals surface area (Å²) >= 11 is 0. The van der Waals surface area contributed by atoms with E-state index in [1.54, 1.807) is 6.33 Å². The zero-order valence-corrected chi connectivity index (χ0v) is 6.62. The predicted octanol–water partition coefficient (Wildman–Crippen LogP) is 0.672. The monoisotopic (exact) mass is 171 g/mol. The van der Waals surface area contributed by atoms with Crippen LogP contribution in [0.1, 0.15) is 0 Å². The minimum absolute atomic E-state index is 0.527. The lowest BCUT2D eigenvalue weighted by atomic mass is 10.3. The van der Waals surface area contributed by atoms with Gasteiger partial charge in [0.2, 0.25) is 0 Å². The normalized spacial score (nSPS) is 11.1. The van der Waals surface area contributed by atoms with E-state index in [1.165, 1.54) is 0 Å². The first-order valence-electron chi connectivity index (χ1n) is 3.86. The van der Waals surface area contributed by atoms with E-state index in [-0.39, 0.29) is 0 Å².